The third kappa shape index (κ3) is 12.0. The molecule has 0 aromatic rings. The van der Waals surface area contributed by atoms with Gasteiger partial charge in [0.25, 0.3) is 0 Å². The molecule has 0 radical (unpaired) electrons. The molecule has 0 saturated carbocycles. The lowest BCUT2D eigenvalue weighted by atomic mass is 9.98. The summed E-state index contributed by atoms with van der Waals surface area (Å²) in [5.74, 6) is -0.276. The van der Waals surface area contributed by atoms with Gasteiger partial charge in [0.15, 0.2) is 6.23 Å². The fraction of sp³-hybridized carbons (Fsp3) is 0.875. The smallest absolute Gasteiger partial charge is 0.222 e. The molecule has 0 bridgehead atoms. The monoisotopic (exact) mass is 443 g/mol. The van der Waals surface area contributed by atoms with Crippen LogP contribution in [0.25, 0.3) is 0 Å². The van der Waals surface area contributed by atoms with E-state index in [-0.39, 0.29) is 5.91 Å². The van der Waals surface area contributed by atoms with Crippen molar-refractivity contribution in [3.05, 3.63) is 12.2 Å². The number of aliphatic hydroxyl groups excluding tert-OH is 4. The van der Waals surface area contributed by atoms with Crippen molar-refractivity contribution in [1.82, 2.24) is 5.32 Å². The van der Waals surface area contributed by atoms with Crippen LogP contribution in [-0.4, -0.2) is 63.6 Å². The topological polar surface area (TPSA) is 119 Å². The lowest BCUT2D eigenvalue weighted by Crippen LogP contribution is -2.63. The minimum absolute atomic E-state index is 0.276. The molecule has 3 unspecified atom stereocenters. The number of hydrogen-bond acceptors (Lipinski definition) is 6. The van der Waals surface area contributed by atoms with Crippen LogP contribution in [0.3, 0.4) is 0 Å². The Bertz CT molecular complexity index is 485. The minimum atomic E-state index is -1.48. The van der Waals surface area contributed by atoms with Crippen LogP contribution in [0.15, 0.2) is 12.2 Å². The van der Waals surface area contributed by atoms with E-state index in [2.05, 4.69) is 24.4 Å². The van der Waals surface area contributed by atoms with Crippen LogP contribution in [-0.2, 0) is 9.53 Å². The second-order valence-electron chi connectivity index (χ2n) is 8.65. The zero-order valence-corrected chi connectivity index (χ0v) is 19.3. The molecule has 0 spiro atoms. The SMILES string of the molecule is CCCCCCCC/C=C\CCCCCCCC(=O)N[C@@H]1OC(CO)[C@@H](O)C(O)C1O. The van der Waals surface area contributed by atoms with Gasteiger partial charge in [-0.2, -0.15) is 0 Å². The number of allylic oxidation sites excluding steroid dienone is 2. The Labute approximate surface area is 187 Å². The van der Waals surface area contributed by atoms with Crippen molar-refractivity contribution in [2.75, 3.05) is 6.61 Å². The summed E-state index contributed by atoms with van der Waals surface area (Å²) in [6.45, 7) is 1.74. The predicted octanol–water partition coefficient (Wildman–Crippen LogP) is 2.94. The van der Waals surface area contributed by atoms with Gasteiger partial charge in [0.1, 0.15) is 24.4 Å². The Balaban J connectivity index is 1.99. The number of rotatable bonds is 17. The molecule has 0 aliphatic carbocycles. The van der Waals surface area contributed by atoms with Crippen LogP contribution in [0.2, 0.25) is 0 Å². The molecule has 0 aromatic heterocycles. The Morgan fingerprint density at radius 3 is 1.94 bits per heavy atom. The van der Waals surface area contributed by atoms with Gasteiger partial charge in [-0.15, -0.1) is 0 Å². The number of amides is 1. The average Bonchev–Trinajstić information content (AvgIpc) is 2.76. The number of aliphatic hydroxyl groups is 4. The normalized spacial score (nSPS) is 26.4. The highest BCUT2D eigenvalue weighted by Crippen LogP contribution is 2.20. The van der Waals surface area contributed by atoms with E-state index in [0.29, 0.717) is 6.42 Å². The van der Waals surface area contributed by atoms with Crippen LogP contribution < -0.4 is 5.32 Å². The molecule has 7 nitrogen and oxygen atoms in total. The van der Waals surface area contributed by atoms with Gasteiger partial charge < -0.3 is 30.5 Å². The van der Waals surface area contributed by atoms with Gasteiger partial charge >= 0.3 is 0 Å². The molecule has 1 rings (SSSR count). The molecule has 1 aliphatic heterocycles. The molecular weight excluding hydrogens is 398 g/mol. The zero-order chi connectivity index (χ0) is 22.9. The van der Waals surface area contributed by atoms with Gasteiger partial charge in [-0.05, 0) is 32.1 Å². The second kappa shape index (κ2) is 17.6. The van der Waals surface area contributed by atoms with Crippen LogP contribution in [0.4, 0.5) is 0 Å². The Morgan fingerprint density at radius 1 is 0.806 bits per heavy atom. The fourth-order valence-electron chi connectivity index (χ4n) is 3.81. The van der Waals surface area contributed by atoms with Crippen molar-refractivity contribution in [3.63, 3.8) is 0 Å². The third-order valence-electron chi connectivity index (χ3n) is 5.86. The van der Waals surface area contributed by atoms with Crippen LogP contribution in [0, 0.1) is 0 Å². The molecule has 1 amide bonds. The summed E-state index contributed by atoms with van der Waals surface area (Å²) in [5, 5.41) is 41.1. The molecule has 1 fully saturated rings. The Morgan fingerprint density at radius 2 is 1.35 bits per heavy atom. The van der Waals surface area contributed by atoms with Crippen molar-refractivity contribution < 1.29 is 30.0 Å². The maximum Gasteiger partial charge on any atom is 0.222 e. The first kappa shape index (κ1) is 28.0. The van der Waals surface area contributed by atoms with E-state index in [1.54, 1.807) is 0 Å². The summed E-state index contributed by atoms with van der Waals surface area (Å²) in [4.78, 5) is 12.1. The number of ether oxygens (including phenoxy) is 1. The van der Waals surface area contributed by atoms with Crippen LogP contribution in [0.5, 0.6) is 0 Å². The van der Waals surface area contributed by atoms with Crippen molar-refractivity contribution in [1.29, 1.82) is 0 Å². The van der Waals surface area contributed by atoms with Crippen molar-refractivity contribution in [2.45, 2.75) is 127 Å². The highest BCUT2D eigenvalue weighted by Gasteiger charge is 2.43. The van der Waals surface area contributed by atoms with Crippen molar-refractivity contribution >= 4 is 5.91 Å². The first-order valence-electron chi connectivity index (χ1n) is 12.3. The van der Waals surface area contributed by atoms with Gasteiger partial charge in [0.2, 0.25) is 5.91 Å². The number of hydrogen-bond donors (Lipinski definition) is 5. The Hall–Kier alpha value is -0.990. The third-order valence-corrected chi connectivity index (χ3v) is 5.86. The predicted molar refractivity (Wildman–Crippen MR) is 121 cm³/mol. The summed E-state index contributed by atoms with van der Waals surface area (Å²) in [6.07, 6.45) is 13.9. The van der Waals surface area contributed by atoms with Gasteiger partial charge in [-0.3, -0.25) is 4.79 Å². The van der Waals surface area contributed by atoms with E-state index in [0.717, 1.165) is 32.1 Å². The molecular formula is C24H45NO6. The summed E-state index contributed by atoms with van der Waals surface area (Å²) in [5.41, 5.74) is 0. The summed E-state index contributed by atoms with van der Waals surface area (Å²) in [7, 11) is 0. The van der Waals surface area contributed by atoms with Gasteiger partial charge in [-0.1, -0.05) is 70.4 Å². The van der Waals surface area contributed by atoms with E-state index < -0.39 is 37.3 Å². The number of unbranched alkanes of at least 4 members (excludes halogenated alkanes) is 11. The summed E-state index contributed by atoms with van der Waals surface area (Å²) < 4.78 is 5.28. The minimum Gasteiger partial charge on any atom is -0.394 e. The highest BCUT2D eigenvalue weighted by atomic mass is 16.6. The van der Waals surface area contributed by atoms with Gasteiger partial charge in [0.05, 0.1) is 6.61 Å². The highest BCUT2D eigenvalue weighted by molar-refractivity contribution is 5.76. The van der Waals surface area contributed by atoms with E-state index in [4.69, 9.17) is 4.74 Å². The molecule has 182 valence electrons. The number of carbonyl (C=O) groups excluding carboxylic acids is 1. The number of carbonyl (C=O) groups is 1. The molecule has 31 heavy (non-hydrogen) atoms. The van der Waals surface area contributed by atoms with Gasteiger partial charge in [0, 0.05) is 6.42 Å². The zero-order valence-electron chi connectivity index (χ0n) is 19.3. The van der Waals surface area contributed by atoms with E-state index in [1.165, 1.54) is 51.4 Å². The first-order valence-corrected chi connectivity index (χ1v) is 12.3. The average molecular weight is 444 g/mol. The van der Waals surface area contributed by atoms with E-state index in [9.17, 15) is 25.2 Å². The lowest BCUT2D eigenvalue weighted by Gasteiger charge is -2.40. The second-order valence-corrected chi connectivity index (χ2v) is 8.65. The van der Waals surface area contributed by atoms with Gasteiger partial charge in [-0.25, -0.2) is 0 Å². The van der Waals surface area contributed by atoms with Crippen LogP contribution in [0.1, 0.15) is 96.8 Å². The van der Waals surface area contributed by atoms with Crippen molar-refractivity contribution in [2.24, 2.45) is 0 Å². The summed E-state index contributed by atoms with van der Waals surface area (Å²) >= 11 is 0. The Kier molecular flexibility index (Phi) is 15.9. The molecule has 1 aliphatic rings. The van der Waals surface area contributed by atoms with E-state index in [1.807, 2.05) is 0 Å². The molecule has 1 heterocycles. The fourth-order valence-corrected chi connectivity index (χ4v) is 3.81. The largest absolute Gasteiger partial charge is 0.394 e. The van der Waals surface area contributed by atoms with E-state index >= 15 is 0 Å². The molecule has 5 N–H and O–H groups in total. The maximum absolute atomic E-state index is 12.1. The number of nitrogens with one attached hydrogen (secondary N) is 1. The molecule has 5 atom stereocenters. The molecule has 1 saturated heterocycles. The maximum atomic E-state index is 12.1. The molecule has 0 aromatic carbocycles. The van der Waals surface area contributed by atoms with Crippen molar-refractivity contribution in [3.8, 4) is 0 Å². The quantitative estimate of drug-likeness (QED) is 0.174. The molecule has 7 heteroatoms. The standard InChI is InChI=1S/C24H45NO6/c1-2-3-4-5-6-7-8-9-10-11-12-13-14-15-16-17-20(27)25-24-23(30)22(29)21(28)19(18-26)31-24/h9-10,19,21-24,26,28-30H,2-8,11-18H2,1H3,(H,25,27)/b10-9-/t19?,21-,22?,23?,24-/m1/s1. The first-order chi connectivity index (χ1) is 15.0. The van der Waals surface area contributed by atoms with Crippen LogP contribution >= 0.6 is 0 Å². The summed E-state index contributed by atoms with van der Waals surface area (Å²) in [6, 6.07) is 0. The lowest BCUT2D eigenvalue weighted by molar-refractivity contribution is -0.236.